The van der Waals surface area contributed by atoms with Crippen molar-refractivity contribution in [3.05, 3.63) is 56.2 Å². The number of hydrogen-bond acceptors (Lipinski definition) is 4. The molecule has 0 bridgehead atoms. The first kappa shape index (κ1) is 12.9. The van der Waals surface area contributed by atoms with Crippen molar-refractivity contribution >= 4 is 28.2 Å². The van der Waals surface area contributed by atoms with Gasteiger partial charge in [0, 0.05) is 17.5 Å². The number of thiophene rings is 1. The Morgan fingerprint density at radius 1 is 1.30 bits per heavy atom. The zero-order chi connectivity index (χ0) is 14.3. The van der Waals surface area contributed by atoms with E-state index in [1.807, 2.05) is 12.1 Å². The third-order valence-corrected chi connectivity index (χ3v) is 4.52. The summed E-state index contributed by atoms with van der Waals surface area (Å²) in [4.78, 5) is 25.7. The Kier molecular flexibility index (Phi) is 3.06. The second-order valence-corrected chi connectivity index (χ2v) is 5.73. The average molecular weight is 287 g/mol. The van der Waals surface area contributed by atoms with Crippen LogP contribution in [0, 0.1) is 0 Å². The molecular formula is C15H13NO3S. The van der Waals surface area contributed by atoms with Crippen LogP contribution in [0.15, 0.2) is 39.5 Å². The van der Waals surface area contributed by atoms with Gasteiger partial charge in [-0.15, -0.1) is 11.3 Å². The molecule has 20 heavy (non-hydrogen) atoms. The zero-order valence-corrected chi connectivity index (χ0v) is 12.0. The highest BCUT2D eigenvalue weighted by Gasteiger charge is 2.14. The van der Waals surface area contributed by atoms with E-state index in [1.54, 1.807) is 25.2 Å². The monoisotopic (exact) mass is 287 g/mol. The Labute approximate surface area is 119 Å². The molecule has 102 valence electrons. The quantitative estimate of drug-likeness (QED) is 0.696. The molecule has 0 radical (unpaired) electrons. The Bertz CT molecular complexity index is 854. The Hall–Kier alpha value is -2.14. The van der Waals surface area contributed by atoms with Crippen LogP contribution in [0.3, 0.4) is 0 Å². The SMILES string of the molecule is CCc1ccc(C(=O)c2ccc3c(c2)oc(=O)n3C)s1. The van der Waals surface area contributed by atoms with Gasteiger partial charge in [0.05, 0.1) is 10.4 Å². The molecule has 0 amide bonds. The summed E-state index contributed by atoms with van der Waals surface area (Å²) in [6.07, 6.45) is 0.921. The van der Waals surface area contributed by atoms with Gasteiger partial charge in [0.15, 0.2) is 5.58 Å². The minimum Gasteiger partial charge on any atom is -0.408 e. The molecule has 1 aromatic carbocycles. The topological polar surface area (TPSA) is 52.2 Å². The summed E-state index contributed by atoms with van der Waals surface area (Å²) in [6, 6.07) is 8.91. The van der Waals surface area contributed by atoms with Crippen molar-refractivity contribution in [3.63, 3.8) is 0 Å². The van der Waals surface area contributed by atoms with Gasteiger partial charge in [-0.2, -0.15) is 0 Å². The highest BCUT2D eigenvalue weighted by molar-refractivity contribution is 7.14. The normalized spacial score (nSPS) is 11.1. The molecule has 4 nitrogen and oxygen atoms in total. The predicted octanol–water partition coefficient (Wildman–Crippen LogP) is 2.99. The lowest BCUT2D eigenvalue weighted by molar-refractivity contribution is 0.104. The molecule has 0 fully saturated rings. The minimum absolute atomic E-state index is 0.0388. The Balaban J connectivity index is 2.05. The first-order valence-electron chi connectivity index (χ1n) is 6.33. The summed E-state index contributed by atoms with van der Waals surface area (Å²) >= 11 is 1.50. The molecule has 0 N–H and O–H groups in total. The van der Waals surface area contributed by atoms with E-state index in [0.29, 0.717) is 21.5 Å². The molecule has 0 saturated heterocycles. The number of fused-ring (bicyclic) bond motifs is 1. The van der Waals surface area contributed by atoms with Crippen LogP contribution < -0.4 is 5.76 Å². The fourth-order valence-electron chi connectivity index (χ4n) is 2.11. The van der Waals surface area contributed by atoms with E-state index < -0.39 is 5.76 Å². The van der Waals surface area contributed by atoms with Crippen LogP contribution >= 0.6 is 11.3 Å². The molecule has 0 spiro atoms. The second kappa shape index (κ2) is 4.76. The highest BCUT2D eigenvalue weighted by Crippen LogP contribution is 2.22. The molecule has 2 aromatic heterocycles. The van der Waals surface area contributed by atoms with E-state index in [9.17, 15) is 9.59 Å². The van der Waals surface area contributed by atoms with Crippen LogP contribution in [0.2, 0.25) is 0 Å². The molecule has 0 atom stereocenters. The number of ketones is 1. The van der Waals surface area contributed by atoms with E-state index in [2.05, 4.69) is 6.92 Å². The molecule has 0 saturated carbocycles. The lowest BCUT2D eigenvalue weighted by Crippen LogP contribution is -2.08. The standard InChI is InChI=1S/C15H13NO3S/c1-3-10-5-7-13(20-10)14(17)9-4-6-11-12(8-9)19-15(18)16(11)2/h4-8H,3H2,1-2H3. The van der Waals surface area contributed by atoms with E-state index in [0.717, 1.165) is 6.42 Å². The van der Waals surface area contributed by atoms with Gasteiger partial charge in [-0.25, -0.2) is 4.79 Å². The summed E-state index contributed by atoms with van der Waals surface area (Å²) in [7, 11) is 1.64. The molecule has 3 rings (SSSR count). The maximum absolute atomic E-state index is 12.4. The summed E-state index contributed by atoms with van der Waals surface area (Å²) in [5.74, 6) is -0.461. The van der Waals surface area contributed by atoms with Gasteiger partial charge in [0.1, 0.15) is 0 Å². The smallest absolute Gasteiger partial charge is 0.408 e. The van der Waals surface area contributed by atoms with Gasteiger partial charge < -0.3 is 4.42 Å². The summed E-state index contributed by atoms with van der Waals surface area (Å²) in [5.41, 5.74) is 1.67. The van der Waals surface area contributed by atoms with Crippen LogP contribution in [0.25, 0.3) is 11.1 Å². The van der Waals surface area contributed by atoms with Crippen molar-refractivity contribution in [2.24, 2.45) is 7.05 Å². The van der Waals surface area contributed by atoms with Crippen LogP contribution in [0.4, 0.5) is 0 Å². The van der Waals surface area contributed by atoms with Crippen molar-refractivity contribution in [1.29, 1.82) is 0 Å². The van der Waals surface area contributed by atoms with Gasteiger partial charge in [-0.1, -0.05) is 6.92 Å². The summed E-state index contributed by atoms with van der Waals surface area (Å²) in [6.45, 7) is 2.06. The lowest BCUT2D eigenvalue weighted by atomic mass is 10.1. The third kappa shape index (κ3) is 2.00. The molecule has 0 aliphatic heterocycles. The Morgan fingerprint density at radius 3 is 2.80 bits per heavy atom. The van der Waals surface area contributed by atoms with Crippen LogP contribution in [0.5, 0.6) is 0 Å². The average Bonchev–Trinajstić information content (AvgIpc) is 3.04. The molecule has 0 aliphatic rings. The fraction of sp³-hybridized carbons (Fsp3) is 0.200. The molecule has 2 heterocycles. The predicted molar refractivity (Wildman–Crippen MR) is 78.6 cm³/mol. The van der Waals surface area contributed by atoms with E-state index in [-0.39, 0.29) is 5.78 Å². The summed E-state index contributed by atoms with van der Waals surface area (Å²) < 4.78 is 6.53. The first-order chi connectivity index (χ1) is 9.60. The number of oxazole rings is 1. The van der Waals surface area contributed by atoms with Crippen LogP contribution in [-0.4, -0.2) is 10.4 Å². The number of carbonyl (C=O) groups excluding carboxylic acids is 1. The number of rotatable bonds is 3. The zero-order valence-electron chi connectivity index (χ0n) is 11.2. The number of aryl methyl sites for hydroxylation is 2. The van der Waals surface area contributed by atoms with Gasteiger partial charge in [-0.3, -0.25) is 9.36 Å². The Morgan fingerprint density at radius 2 is 2.10 bits per heavy atom. The molecule has 5 heteroatoms. The third-order valence-electron chi connectivity index (χ3n) is 3.29. The van der Waals surface area contributed by atoms with E-state index in [1.165, 1.54) is 20.8 Å². The van der Waals surface area contributed by atoms with Crippen molar-refractivity contribution in [3.8, 4) is 0 Å². The van der Waals surface area contributed by atoms with Gasteiger partial charge in [0.2, 0.25) is 5.78 Å². The van der Waals surface area contributed by atoms with Crippen molar-refractivity contribution in [2.45, 2.75) is 13.3 Å². The van der Waals surface area contributed by atoms with Gasteiger partial charge in [0.25, 0.3) is 0 Å². The maximum atomic E-state index is 12.4. The van der Waals surface area contributed by atoms with Gasteiger partial charge >= 0.3 is 5.76 Å². The number of aromatic nitrogens is 1. The number of benzene rings is 1. The van der Waals surface area contributed by atoms with Crippen LogP contribution in [0.1, 0.15) is 27.0 Å². The van der Waals surface area contributed by atoms with Crippen molar-refractivity contribution < 1.29 is 9.21 Å². The second-order valence-electron chi connectivity index (χ2n) is 4.56. The summed E-state index contributed by atoms with van der Waals surface area (Å²) in [5, 5.41) is 0. The number of carbonyl (C=O) groups is 1. The van der Waals surface area contributed by atoms with Crippen LogP contribution in [-0.2, 0) is 13.5 Å². The van der Waals surface area contributed by atoms with E-state index >= 15 is 0 Å². The largest absolute Gasteiger partial charge is 0.419 e. The number of hydrogen-bond donors (Lipinski definition) is 0. The molecule has 0 unspecified atom stereocenters. The van der Waals surface area contributed by atoms with Gasteiger partial charge in [-0.05, 0) is 36.8 Å². The maximum Gasteiger partial charge on any atom is 0.419 e. The first-order valence-corrected chi connectivity index (χ1v) is 7.15. The lowest BCUT2D eigenvalue weighted by Gasteiger charge is -1.98. The molecule has 0 aliphatic carbocycles. The van der Waals surface area contributed by atoms with Crippen molar-refractivity contribution in [2.75, 3.05) is 0 Å². The molecular weight excluding hydrogens is 274 g/mol. The van der Waals surface area contributed by atoms with Crippen molar-refractivity contribution in [1.82, 2.24) is 4.57 Å². The fourth-order valence-corrected chi connectivity index (χ4v) is 3.02. The highest BCUT2D eigenvalue weighted by atomic mass is 32.1. The number of nitrogens with zero attached hydrogens (tertiary/aromatic N) is 1. The minimum atomic E-state index is -0.422. The molecule has 3 aromatic rings. The van der Waals surface area contributed by atoms with E-state index in [4.69, 9.17) is 4.42 Å².